The average molecular weight is 662 g/mol. The number of aliphatic hydroxyl groups is 4. The normalized spacial score (nSPS) is 33.6. The van der Waals surface area contributed by atoms with Gasteiger partial charge in [0.2, 0.25) is 0 Å². The predicted octanol–water partition coefficient (Wildman–Crippen LogP) is 1.47. The largest absolute Gasteiger partial charge is 0.479 e. The second kappa shape index (κ2) is 12.2. The van der Waals surface area contributed by atoms with E-state index in [1.54, 1.807) is 0 Å². The van der Waals surface area contributed by atoms with Gasteiger partial charge in [-0.15, -0.1) is 0 Å². The van der Waals surface area contributed by atoms with Crippen molar-refractivity contribution < 1.29 is 61.8 Å². The number of fused-ring (bicyclic) bond motifs is 2. The minimum atomic E-state index is -4.15. The second-order valence-electron chi connectivity index (χ2n) is 11.4. The number of carboxylic acids is 1. The molecule has 2 aromatic rings. The number of nitrogens with one attached hydrogen (secondary N) is 1. The smallest absolute Gasteiger partial charge is 0.335 e. The lowest BCUT2D eigenvalue weighted by Crippen LogP contribution is -2.61. The van der Waals surface area contributed by atoms with Gasteiger partial charge in [-0.1, -0.05) is 11.6 Å². The summed E-state index contributed by atoms with van der Waals surface area (Å²) in [4.78, 5) is 23.9. The fourth-order valence-electron chi connectivity index (χ4n) is 6.32. The molecule has 1 saturated heterocycles. The zero-order valence-electron chi connectivity index (χ0n) is 22.8. The molecule has 1 aliphatic heterocycles. The predicted molar refractivity (Wildman–Crippen MR) is 147 cm³/mol. The Morgan fingerprint density at radius 2 is 1.66 bits per heavy atom. The van der Waals surface area contributed by atoms with Crippen LogP contribution in [0.4, 0.5) is 14.5 Å². The van der Waals surface area contributed by atoms with Crippen LogP contribution in [0.15, 0.2) is 41.3 Å². The molecular weight excluding hydrogens is 632 g/mol. The zero-order chi connectivity index (χ0) is 32.1. The Morgan fingerprint density at radius 3 is 2.27 bits per heavy atom. The first-order valence-corrected chi connectivity index (χ1v) is 15.6. The fraction of sp³-hybridized carbons (Fsp3) is 0.500. The van der Waals surface area contributed by atoms with Gasteiger partial charge < -0.3 is 40.3 Å². The third kappa shape index (κ3) is 5.95. The summed E-state index contributed by atoms with van der Waals surface area (Å²) in [6.45, 7) is -0.466. The van der Waals surface area contributed by atoms with Gasteiger partial charge >= 0.3 is 5.97 Å². The van der Waals surface area contributed by atoms with Crippen molar-refractivity contribution in [1.82, 2.24) is 0 Å². The van der Waals surface area contributed by atoms with Gasteiger partial charge in [-0.05, 0) is 67.9 Å². The number of aliphatic carboxylic acids is 1. The molecule has 12 nitrogen and oxygen atoms in total. The number of halogens is 3. The lowest BCUT2D eigenvalue weighted by Gasteiger charge is -2.44. The number of carboxylic acid groups (broad SMARTS) is 1. The summed E-state index contributed by atoms with van der Waals surface area (Å²) < 4.78 is 65.0. The van der Waals surface area contributed by atoms with E-state index in [2.05, 4.69) is 5.32 Å². The van der Waals surface area contributed by atoms with Crippen molar-refractivity contribution in [3.8, 4) is 0 Å². The first-order chi connectivity index (χ1) is 20.6. The Morgan fingerprint density at radius 1 is 1.00 bits per heavy atom. The molecule has 0 aromatic heterocycles. The Labute approximate surface area is 255 Å². The van der Waals surface area contributed by atoms with Gasteiger partial charge in [-0.3, -0.25) is 4.79 Å². The van der Waals surface area contributed by atoms with E-state index in [4.69, 9.17) is 21.1 Å². The van der Waals surface area contributed by atoms with E-state index in [1.807, 2.05) is 0 Å². The highest BCUT2D eigenvalue weighted by atomic mass is 35.5. The summed E-state index contributed by atoms with van der Waals surface area (Å²) in [5, 5.41) is 52.2. The van der Waals surface area contributed by atoms with E-state index in [9.17, 15) is 52.3 Å². The van der Waals surface area contributed by atoms with Gasteiger partial charge in [0.15, 0.2) is 33.9 Å². The highest BCUT2D eigenvalue weighted by Crippen LogP contribution is 2.52. The number of rotatable bonds is 8. The number of anilines is 1. The van der Waals surface area contributed by atoms with Crippen molar-refractivity contribution in [2.45, 2.75) is 72.1 Å². The van der Waals surface area contributed by atoms with Gasteiger partial charge in [0, 0.05) is 17.3 Å². The van der Waals surface area contributed by atoms with Crippen LogP contribution < -0.4 is 5.32 Å². The van der Waals surface area contributed by atoms with E-state index >= 15 is 0 Å². The topological polar surface area (TPSA) is 200 Å². The summed E-state index contributed by atoms with van der Waals surface area (Å²) in [7, 11) is -4.15. The summed E-state index contributed by atoms with van der Waals surface area (Å²) in [5.41, 5.74) is -1.71. The molecular formula is C28H30ClF2NO11S. The molecule has 2 bridgehead atoms. The van der Waals surface area contributed by atoms with Crippen LogP contribution in [0.1, 0.15) is 36.0 Å². The number of ether oxygens (including phenoxy) is 2. The minimum absolute atomic E-state index is 0.00648. The van der Waals surface area contributed by atoms with Crippen LogP contribution in [0, 0.1) is 23.5 Å². The first kappa shape index (κ1) is 32.6. The highest BCUT2D eigenvalue weighted by molar-refractivity contribution is 7.92. The van der Waals surface area contributed by atoms with Crippen molar-refractivity contribution >= 4 is 39.0 Å². The van der Waals surface area contributed by atoms with Crippen molar-refractivity contribution in [3.05, 3.63) is 58.6 Å². The van der Waals surface area contributed by atoms with Gasteiger partial charge in [0.1, 0.15) is 18.3 Å². The summed E-state index contributed by atoms with van der Waals surface area (Å²) in [6, 6.07) is 6.37. The Kier molecular flexibility index (Phi) is 9.05. The van der Waals surface area contributed by atoms with Crippen LogP contribution in [0.2, 0.25) is 5.02 Å². The molecule has 0 radical (unpaired) electrons. The van der Waals surface area contributed by atoms with Crippen molar-refractivity contribution in [3.63, 3.8) is 0 Å². The summed E-state index contributed by atoms with van der Waals surface area (Å²) in [5.74, 6) is -5.84. The van der Waals surface area contributed by atoms with E-state index in [1.165, 1.54) is 12.1 Å². The number of benzene rings is 2. The number of hydrogen-bond donors (Lipinski definition) is 6. The summed E-state index contributed by atoms with van der Waals surface area (Å²) in [6.07, 6.45) is -8.31. The fourth-order valence-corrected chi connectivity index (χ4v) is 8.73. The Bertz CT molecular complexity index is 1550. The standard InChI is InChI=1S/C28H30ClF2NO11S/c29-17-5-1-12(25(36)32-15-4-6-18(30)19(31)10-15)7-20(17)44(40,41)16-8-13-2-3-14(9-16)28(13,39)11-42-27-23(35)21(33)22(34)24(43-27)26(37)38/h1,4-7,10,13-14,16,21-24,27,33-35,39H,2-3,8-9,11H2,(H,32,36)(H,37,38)/t13-,14?,16-,21-,22-,23+,24-,27+,28-/m0/s1. The van der Waals surface area contributed by atoms with Crippen LogP contribution in [-0.4, -0.2) is 94.0 Å². The van der Waals surface area contributed by atoms with Gasteiger partial charge in [-0.25, -0.2) is 22.0 Å². The molecule has 9 atom stereocenters. The molecule has 2 saturated carbocycles. The molecule has 1 heterocycles. The van der Waals surface area contributed by atoms with Gasteiger partial charge in [0.25, 0.3) is 5.91 Å². The van der Waals surface area contributed by atoms with E-state index in [0.717, 1.165) is 24.3 Å². The molecule has 3 fully saturated rings. The van der Waals surface area contributed by atoms with Crippen LogP contribution >= 0.6 is 11.6 Å². The lowest BCUT2D eigenvalue weighted by atomic mass is 9.75. The molecule has 2 aromatic carbocycles. The molecule has 1 amide bonds. The third-order valence-corrected chi connectivity index (χ3v) is 11.4. The molecule has 44 heavy (non-hydrogen) atoms. The molecule has 1 unspecified atom stereocenters. The molecule has 5 rings (SSSR count). The monoisotopic (exact) mass is 661 g/mol. The molecule has 3 aliphatic rings. The number of aliphatic hydroxyl groups excluding tert-OH is 3. The lowest BCUT2D eigenvalue weighted by molar-refractivity contribution is -0.305. The van der Waals surface area contributed by atoms with E-state index in [0.29, 0.717) is 12.8 Å². The van der Waals surface area contributed by atoms with Crippen LogP contribution in [0.5, 0.6) is 0 Å². The number of hydrogen-bond acceptors (Lipinski definition) is 10. The molecule has 0 spiro atoms. The van der Waals surface area contributed by atoms with E-state index < -0.39 is 93.3 Å². The maximum absolute atomic E-state index is 13.8. The average Bonchev–Trinajstić information content (AvgIpc) is 3.12. The molecule has 240 valence electrons. The Balaban J connectivity index is 1.29. The first-order valence-electron chi connectivity index (χ1n) is 13.7. The quantitative estimate of drug-likeness (QED) is 0.239. The van der Waals surface area contributed by atoms with Crippen LogP contribution in [-0.2, 0) is 24.1 Å². The number of sulfone groups is 1. The number of amides is 1. The van der Waals surface area contributed by atoms with E-state index in [-0.39, 0.29) is 34.0 Å². The van der Waals surface area contributed by atoms with Crippen molar-refractivity contribution in [1.29, 1.82) is 0 Å². The maximum atomic E-state index is 13.8. The second-order valence-corrected chi connectivity index (χ2v) is 14.0. The minimum Gasteiger partial charge on any atom is -0.479 e. The van der Waals surface area contributed by atoms with Crippen molar-refractivity contribution in [2.24, 2.45) is 11.8 Å². The SMILES string of the molecule is O=C(Nc1ccc(F)c(F)c1)c1ccc(Cl)c(S(=O)(=O)[C@@H]2CC3CC[C@@H](C2)[C@@]3(O)CO[C@@H]2O[C@H](C(=O)O)[C@@H](O)[C@H](O)[C@H]2O)c1. The molecule has 6 N–H and O–H groups in total. The van der Waals surface area contributed by atoms with Crippen LogP contribution in [0.25, 0.3) is 0 Å². The van der Waals surface area contributed by atoms with Crippen LogP contribution in [0.3, 0.4) is 0 Å². The van der Waals surface area contributed by atoms with Gasteiger partial charge in [-0.2, -0.15) is 0 Å². The maximum Gasteiger partial charge on any atom is 0.335 e. The zero-order valence-corrected chi connectivity index (χ0v) is 24.4. The van der Waals surface area contributed by atoms with Gasteiger partial charge in [0.05, 0.1) is 27.4 Å². The van der Waals surface area contributed by atoms with Crippen molar-refractivity contribution in [2.75, 3.05) is 11.9 Å². The molecule has 2 aliphatic carbocycles. The number of carbonyl (C=O) groups excluding carboxylic acids is 1. The Hall–Kier alpha value is -2.76. The third-order valence-electron chi connectivity index (χ3n) is 8.78. The molecule has 16 heteroatoms. The highest BCUT2D eigenvalue weighted by Gasteiger charge is 2.57. The number of carbonyl (C=O) groups is 2. The summed E-state index contributed by atoms with van der Waals surface area (Å²) >= 11 is 6.26.